The molecule has 2 heterocycles. The standard InChI is InChI=1S/C13H13NO/c15-9-11-10-5-1-2-6-12(10)14-8-4-3-7-13(11)14/h1-2,5-6,9H,3-4,7-8H2. The highest BCUT2D eigenvalue weighted by molar-refractivity contribution is 5.99. The number of hydrogen-bond donors (Lipinski definition) is 0. The molecule has 0 bridgehead atoms. The SMILES string of the molecule is O=Cc1c2n(c3ccccc13)CCCC2. The van der Waals surface area contributed by atoms with Crippen LogP contribution in [0, 0.1) is 0 Å². The largest absolute Gasteiger partial charge is 0.344 e. The van der Waals surface area contributed by atoms with E-state index in [9.17, 15) is 4.79 Å². The van der Waals surface area contributed by atoms with Crippen LogP contribution >= 0.6 is 0 Å². The molecule has 0 fully saturated rings. The fraction of sp³-hybridized carbons (Fsp3) is 0.308. The van der Waals surface area contributed by atoms with Gasteiger partial charge in [0.2, 0.25) is 0 Å². The van der Waals surface area contributed by atoms with Crippen LogP contribution in [0.2, 0.25) is 0 Å². The summed E-state index contributed by atoms with van der Waals surface area (Å²) in [6.45, 7) is 1.06. The third-order valence-corrected chi connectivity index (χ3v) is 3.28. The van der Waals surface area contributed by atoms with Crippen LogP contribution in [0.15, 0.2) is 24.3 Å². The van der Waals surface area contributed by atoms with E-state index in [1.54, 1.807) is 0 Å². The first-order valence-electron chi connectivity index (χ1n) is 5.47. The fourth-order valence-electron chi connectivity index (χ4n) is 2.60. The first-order chi connectivity index (χ1) is 7.42. The number of fused-ring (bicyclic) bond motifs is 3. The van der Waals surface area contributed by atoms with E-state index in [1.807, 2.05) is 18.2 Å². The van der Waals surface area contributed by atoms with Gasteiger partial charge in [0, 0.05) is 28.7 Å². The van der Waals surface area contributed by atoms with E-state index in [4.69, 9.17) is 0 Å². The van der Waals surface area contributed by atoms with Gasteiger partial charge in [-0.2, -0.15) is 0 Å². The van der Waals surface area contributed by atoms with Crippen LogP contribution in [0.3, 0.4) is 0 Å². The van der Waals surface area contributed by atoms with Gasteiger partial charge in [0.05, 0.1) is 0 Å². The Morgan fingerprint density at radius 3 is 2.93 bits per heavy atom. The Kier molecular flexibility index (Phi) is 1.88. The third kappa shape index (κ3) is 1.14. The highest BCUT2D eigenvalue weighted by Crippen LogP contribution is 2.29. The van der Waals surface area contributed by atoms with E-state index >= 15 is 0 Å². The Hall–Kier alpha value is -1.57. The maximum atomic E-state index is 11.1. The molecule has 2 aromatic rings. The van der Waals surface area contributed by atoms with Gasteiger partial charge in [-0.3, -0.25) is 4.79 Å². The van der Waals surface area contributed by atoms with E-state index in [0.717, 1.165) is 30.2 Å². The van der Waals surface area contributed by atoms with E-state index in [2.05, 4.69) is 10.6 Å². The van der Waals surface area contributed by atoms with Crippen molar-refractivity contribution in [1.82, 2.24) is 4.57 Å². The lowest BCUT2D eigenvalue weighted by Crippen LogP contribution is -2.10. The van der Waals surface area contributed by atoms with Gasteiger partial charge < -0.3 is 4.57 Å². The molecule has 1 aliphatic heterocycles. The zero-order valence-corrected chi connectivity index (χ0v) is 8.57. The maximum Gasteiger partial charge on any atom is 0.152 e. The van der Waals surface area contributed by atoms with Crippen molar-refractivity contribution < 1.29 is 4.79 Å². The average Bonchev–Trinajstić information content (AvgIpc) is 2.63. The molecule has 0 aliphatic carbocycles. The fourth-order valence-corrected chi connectivity index (χ4v) is 2.60. The quantitative estimate of drug-likeness (QED) is 0.647. The maximum absolute atomic E-state index is 11.1. The Balaban J connectivity index is 2.42. The molecule has 0 saturated carbocycles. The zero-order valence-electron chi connectivity index (χ0n) is 8.57. The molecule has 15 heavy (non-hydrogen) atoms. The third-order valence-electron chi connectivity index (χ3n) is 3.28. The van der Waals surface area contributed by atoms with Crippen LogP contribution in [0.1, 0.15) is 28.9 Å². The molecule has 2 nitrogen and oxygen atoms in total. The van der Waals surface area contributed by atoms with Crippen molar-refractivity contribution in [3.05, 3.63) is 35.5 Å². The minimum absolute atomic E-state index is 0.908. The zero-order chi connectivity index (χ0) is 10.3. The second-order valence-corrected chi connectivity index (χ2v) is 4.10. The summed E-state index contributed by atoms with van der Waals surface area (Å²) in [6, 6.07) is 8.20. The second kappa shape index (κ2) is 3.23. The van der Waals surface area contributed by atoms with Crippen molar-refractivity contribution in [3.63, 3.8) is 0 Å². The number of benzene rings is 1. The lowest BCUT2D eigenvalue weighted by molar-refractivity contribution is 0.112. The molecule has 0 saturated heterocycles. The van der Waals surface area contributed by atoms with Crippen molar-refractivity contribution in [1.29, 1.82) is 0 Å². The predicted octanol–water partition coefficient (Wildman–Crippen LogP) is 2.79. The van der Waals surface area contributed by atoms with Gasteiger partial charge in [-0.15, -0.1) is 0 Å². The van der Waals surface area contributed by atoms with Crippen molar-refractivity contribution in [2.75, 3.05) is 0 Å². The number of aromatic nitrogens is 1. The van der Waals surface area contributed by atoms with Crippen LogP contribution < -0.4 is 0 Å². The van der Waals surface area contributed by atoms with Gasteiger partial charge in [0.25, 0.3) is 0 Å². The smallest absolute Gasteiger partial charge is 0.152 e. The van der Waals surface area contributed by atoms with Gasteiger partial charge in [0.15, 0.2) is 6.29 Å². The van der Waals surface area contributed by atoms with Crippen molar-refractivity contribution in [3.8, 4) is 0 Å². The van der Waals surface area contributed by atoms with E-state index in [1.165, 1.54) is 24.1 Å². The molecule has 1 aliphatic rings. The number of aldehydes is 1. The summed E-state index contributed by atoms with van der Waals surface area (Å²) in [5.41, 5.74) is 3.36. The van der Waals surface area contributed by atoms with Crippen LogP contribution in [0.25, 0.3) is 10.9 Å². The number of nitrogens with zero attached hydrogens (tertiary/aromatic N) is 1. The van der Waals surface area contributed by atoms with E-state index < -0.39 is 0 Å². The van der Waals surface area contributed by atoms with Crippen molar-refractivity contribution in [2.24, 2.45) is 0 Å². The molecule has 1 aromatic carbocycles. The lowest BCUT2D eigenvalue weighted by Gasteiger charge is -2.16. The lowest BCUT2D eigenvalue weighted by atomic mass is 10.1. The molecule has 0 radical (unpaired) electrons. The topological polar surface area (TPSA) is 22.0 Å². The molecule has 3 rings (SSSR count). The van der Waals surface area contributed by atoms with Crippen LogP contribution in [0.4, 0.5) is 0 Å². The first kappa shape index (κ1) is 8.72. The number of carbonyl (C=O) groups is 1. The van der Waals surface area contributed by atoms with Gasteiger partial charge >= 0.3 is 0 Å². The molecular formula is C13H13NO. The molecular weight excluding hydrogens is 186 g/mol. The van der Waals surface area contributed by atoms with Crippen LogP contribution in [-0.4, -0.2) is 10.9 Å². The number of rotatable bonds is 1. The van der Waals surface area contributed by atoms with Crippen LogP contribution in [-0.2, 0) is 13.0 Å². The number of carbonyl (C=O) groups excluding carboxylic acids is 1. The van der Waals surface area contributed by atoms with E-state index in [-0.39, 0.29) is 0 Å². The number of para-hydroxylation sites is 1. The molecule has 2 heteroatoms. The van der Waals surface area contributed by atoms with Crippen LogP contribution in [0.5, 0.6) is 0 Å². The Labute approximate surface area is 88.5 Å². The summed E-state index contributed by atoms with van der Waals surface area (Å²) < 4.78 is 2.31. The summed E-state index contributed by atoms with van der Waals surface area (Å²) in [5.74, 6) is 0. The summed E-state index contributed by atoms with van der Waals surface area (Å²) in [6.07, 6.45) is 4.49. The molecule has 1 aromatic heterocycles. The normalized spacial score (nSPS) is 15.2. The Bertz CT molecular complexity index is 525. The number of aryl methyl sites for hydroxylation is 1. The highest BCUT2D eigenvalue weighted by Gasteiger charge is 2.18. The number of hydrogen-bond acceptors (Lipinski definition) is 1. The highest BCUT2D eigenvalue weighted by atomic mass is 16.1. The Morgan fingerprint density at radius 1 is 1.20 bits per heavy atom. The van der Waals surface area contributed by atoms with E-state index in [0.29, 0.717) is 0 Å². The Morgan fingerprint density at radius 2 is 2.07 bits per heavy atom. The van der Waals surface area contributed by atoms with Crippen molar-refractivity contribution in [2.45, 2.75) is 25.8 Å². The summed E-state index contributed by atoms with van der Waals surface area (Å²) >= 11 is 0. The molecule has 0 N–H and O–H groups in total. The monoisotopic (exact) mass is 199 g/mol. The van der Waals surface area contributed by atoms with Gasteiger partial charge in [-0.25, -0.2) is 0 Å². The molecule has 0 atom stereocenters. The molecule has 0 spiro atoms. The summed E-state index contributed by atoms with van der Waals surface area (Å²) in [7, 11) is 0. The average molecular weight is 199 g/mol. The molecule has 0 amide bonds. The molecule has 76 valence electrons. The minimum atomic E-state index is 0.908. The first-order valence-corrected chi connectivity index (χ1v) is 5.47. The van der Waals surface area contributed by atoms with Gasteiger partial charge in [-0.1, -0.05) is 18.2 Å². The predicted molar refractivity (Wildman–Crippen MR) is 60.3 cm³/mol. The minimum Gasteiger partial charge on any atom is -0.344 e. The second-order valence-electron chi connectivity index (χ2n) is 4.10. The van der Waals surface area contributed by atoms with Gasteiger partial charge in [-0.05, 0) is 25.3 Å². The molecule has 0 unspecified atom stereocenters. The van der Waals surface area contributed by atoms with Crippen molar-refractivity contribution >= 4 is 17.2 Å². The van der Waals surface area contributed by atoms with Gasteiger partial charge in [0.1, 0.15) is 0 Å². The summed E-state index contributed by atoms with van der Waals surface area (Å²) in [5, 5.41) is 1.12. The summed E-state index contributed by atoms with van der Waals surface area (Å²) in [4.78, 5) is 11.1.